The molecule has 2 fully saturated rings. The van der Waals surface area contributed by atoms with E-state index in [1.807, 2.05) is 0 Å². The summed E-state index contributed by atoms with van der Waals surface area (Å²) in [5.41, 5.74) is 6.91. The molecule has 1 heterocycles. The number of hydrogen-bond donors (Lipinski definition) is 2. The van der Waals surface area contributed by atoms with Crippen LogP contribution in [-0.2, 0) is 5.54 Å². The molecular weight excluding hydrogens is 226 g/mol. The molecule has 4 heteroatoms. The summed E-state index contributed by atoms with van der Waals surface area (Å²) in [7, 11) is 0. The third-order valence-corrected chi connectivity index (χ3v) is 4.50. The van der Waals surface area contributed by atoms with E-state index in [4.69, 9.17) is 5.73 Å². The second-order valence-corrected chi connectivity index (χ2v) is 5.86. The van der Waals surface area contributed by atoms with Gasteiger partial charge in [0.05, 0.1) is 11.2 Å². The van der Waals surface area contributed by atoms with Crippen LogP contribution in [0.4, 0.5) is 0 Å². The van der Waals surface area contributed by atoms with Gasteiger partial charge < -0.3 is 10.7 Å². The third-order valence-electron chi connectivity index (χ3n) is 4.50. The van der Waals surface area contributed by atoms with Crippen LogP contribution in [0.1, 0.15) is 68.8 Å². The van der Waals surface area contributed by atoms with Gasteiger partial charge in [0.1, 0.15) is 5.82 Å². The molecule has 0 atom stereocenters. The Hall–Kier alpha value is -1.16. The fraction of sp³-hybridized carbons (Fsp3) is 0.714. The Balaban J connectivity index is 1.97. The molecule has 3 N–H and O–H groups in total. The highest BCUT2D eigenvalue weighted by atomic mass is 16.1. The van der Waals surface area contributed by atoms with E-state index in [-0.39, 0.29) is 5.56 Å². The van der Waals surface area contributed by atoms with E-state index in [1.165, 1.54) is 12.8 Å². The van der Waals surface area contributed by atoms with Crippen molar-refractivity contribution in [3.8, 4) is 0 Å². The largest absolute Gasteiger partial charge is 0.319 e. The monoisotopic (exact) mass is 247 g/mol. The molecule has 0 spiro atoms. The predicted octanol–water partition coefficient (Wildman–Crippen LogP) is 2.16. The lowest BCUT2D eigenvalue weighted by molar-refractivity contribution is 0.426. The number of hydrogen-bond acceptors (Lipinski definition) is 3. The average molecular weight is 247 g/mol. The van der Waals surface area contributed by atoms with Crippen molar-refractivity contribution in [1.82, 2.24) is 9.97 Å². The summed E-state index contributed by atoms with van der Waals surface area (Å²) in [6.45, 7) is 0. The van der Waals surface area contributed by atoms with Gasteiger partial charge >= 0.3 is 0 Å². The minimum atomic E-state index is -0.395. The SMILES string of the molecule is NC1(c2nc(C3CCCC3)cc(=O)[nH]2)CCCC1. The number of H-pyrrole nitrogens is 1. The van der Waals surface area contributed by atoms with Crippen molar-refractivity contribution in [2.75, 3.05) is 0 Å². The smallest absolute Gasteiger partial charge is 0.251 e. The Labute approximate surface area is 107 Å². The van der Waals surface area contributed by atoms with Crippen LogP contribution >= 0.6 is 0 Å². The molecule has 3 rings (SSSR count). The van der Waals surface area contributed by atoms with E-state index in [1.54, 1.807) is 6.07 Å². The Kier molecular flexibility index (Phi) is 2.98. The van der Waals surface area contributed by atoms with E-state index in [0.29, 0.717) is 5.92 Å². The van der Waals surface area contributed by atoms with E-state index >= 15 is 0 Å². The van der Waals surface area contributed by atoms with E-state index in [9.17, 15) is 4.79 Å². The number of nitrogens with two attached hydrogens (primary N) is 1. The van der Waals surface area contributed by atoms with Gasteiger partial charge in [0.25, 0.3) is 5.56 Å². The van der Waals surface area contributed by atoms with Gasteiger partial charge in [-0.15, -0.1) is 0 Å². The molecule has 0 amide bonds. The van der Waals surface area contributed by atoms with Gasteiger partial charge in [0.15, 0.2) is 0 Å². The molecule has 1 aromatic rings. The van der Waals surface area contributed by atoms with E-state index in [0.717, 1.165) is 50.0 Å². The number of nitrogens with zero attached hydrogens (tertiary/aromatic N) is 1. The Bertz CT molecular complexity index is 482. The molecule has 0 aliphatic heterocycles. The zero-order chi connectivity index (χ0) is 12.6. The minimum Gasteiger partial charge on any atom is -0.319 e. The molecular formula is C14H21N3O. The van der Waals surface area contributed by atoms with E-state index in [2.05, 4.69) is 9.97 Å². The molecule has 18 heavy (non-hydrogen) atoms. The standard InChI is InChI=1S/C14H21N3O/c15-14(7-3-4-8-14)13-16-11(9-12(18)17-13)10-5-1-2-6-10/h9-10H,1-8,15H2,(H,16,17,18). The predicted molar refractivity (Wildman–Crippen MR) is 70.4 cm³/mol. The lowest BCUT2D eigenvalue weighted by Gasteiger charge is -2.23. The molecule has 98 valence electrons. The summed E-state index contributed by atoms with van der Waals surface area (Å²) in [5, 5.41) is 0. The van der Waals surface area contributed by atoms with Crippen LogP contribution in [0, 0.1) is 0 Å². The summed E-state index contributed by atoms with van der Waals surface area (Å²) >= 11 is 0. The molecule has 2 saturated carbocycles. The molecule has 1 aromatic heterocycles. The van der Waals surface area contributed by atoms with Crippen LogP contribution in [0.3, 0.4) is 0 Å². The van der Waals surface area contributed by atoms with Crippen LogP contribution in [0.5, 0.6) is 0 Å². The van der Waals surface area contributed by atoms with Crippen molar-refractivity contribution in [2.45, 2.75) is 62.8 Å². The van der Waals surface area contributed by atoms with E-state index < -0.39 is 5.54 Å². The normalized spacial score (nSPS) is 23.6. The van der Waals surface area contributed by atoms with Crippen molar-refractivity contribution < 1.29 is 0 Å². The lowest BCUT2D eigenvalue weighted by Crippen LogP contribution is -2.37. The molecule has 0 unspecified atom stereocenters. The lowest BCUT2D eigenvalue weighted by atomic mass is 9.97. The van der Waals surface area contributed by atoms with Gasteiger partial charge in [0, 0.05) is 12.0 Å². The molecule has 2 aliphatic carbocycles. The number of nitrogens with one attached hydrogen (secondary N) is 1. The summed E-state index contributed by atoms with van der Waals surface area (Å²) < 4.78 is 0. The Morgan fingerprint density at radius 3 is 2.56 bits per heavy atom. The maximum absolute atomic E-state index is 11.8. The van der Waals surface area contributed by atoms with Crippen LogP contribution in [0.25, 0.3) is 0 Å². The zero-order valence-electron chi connectivity index (χ0n) is 10.7. The molecule has 2 aliphatic rings. The maximum atomic E-state index is 11.8. The number of aromatic nitrogens is 2. The Morgan fingerprint density at radius 1 is 1.22 bits per heavy atom. The number of aromatic amines is 1. The van der Waals surface area contributed by atoms with Crippen LogP contribution in [-0.4, -0.2) is 9.97 Å². The molecule has 0 saturated heterocycles. The average Bonchev–Trinajstić information content (AvgIpc) is 2.99. The van der Waals surface area contributed by atoms with Crippen molar-refractivity contribution >= 4 is 0 Å². The summed E-state index contributed by atoms with van der Waals surface area (Å²) in [5.74, 6) is 1.19. The van der Waals surface area contributed by atoms with Gasteiger partial charge in [-0.1, -0.05) is 25.7 Å². The first-order valence-corrected chi connectivity index (χ1v) is 7.08. The zero-order valence-corrected chi connectivity index (χ0v) is 10.7. The Morgan fingerprint density at radius 2 is 1.89 bits per heavy atom. The first kappa shape index (κ1) is 11.9. The molecule has 0 bridgehead atoms. The fourth-order valence-corrected chi connectivity index (χ4v) is 3.39. The second-order valence-electron chi connectivity index (χ2n) is 5.86. The summed E-state index contributed by atoms with van der Waals surface area (Å²) in [6.07, 6.45) is 8.96. The van der Waals surface area contributed by atoms with Gasteiger partial charge in [-0.2, -0.15) is 0 Å². The van der Waals surface area contributed by atoms with Crippen LogP contribution in [0.15, 0.2) is 10.9 Å². The quantitative estimate of drug-likeness (QED) is 0.841. The van der Waals surface area contributed by atoms with Gasteiger partial charge in [-0.3, -0.25) is 4.79 Å². The highest BCUT2D eigenvalue weighted by Gasteiger charge is 2.34. The van der Waals surface area contributed by atoms with Crippen molar-refractivity contribution in [3.05, 3.63) is 27.9 Å². The molecule has 4 nitrogen and oxygen atoms in total. The van der Waals surface area contributed by atoms with Crippen molar-refractivity contribution in [1.29, 1.82) is 0 Å². The van der Waals surface area contributed by atoms with Crippen molar-refractivity contribution in [2.24, 2.45) is 5.73 Å². The minimum absolute atomic E-state index is 0.0429. The van der Waals surface area contributed by atoms with Gasteiger partial charge in [0.2, 0.25) is 0 Å². The van der Waals surface area contributed by atoms with Gasteiger partial charge in [-0.25, -0.2) is 4.98 Å². The van der Waals surface area contributed by atoms with Gasteiger partial charge in [-0.05, 0) is 25.7 Å². The fourth-order valence-electron chi connectivity index (χ4n) is 3.39. The molecule has 0 radical (unpaired) electrons. The first-order chi connectivity index (χ1) is 8.67. The summed E-state index contributed by atoms with van der Waals surface area (Å²) in [4.78, 5) is 19.4. The molecule has 0 aromatic carbocycles. The first-order valence-electron chi connectivity index (χ1n) is 7.08. The number of rotatable bonds is 2. The summed E-state index contributed by atoms with van der Waals surface area (Å²) in [6, 6.07) is 1.66. The maximum Gasteiger partial charge on any atom is 0.251 e. The topological polar surface area (TPSA) is 71.8 Å². The third kappa shape index (κ3) is 2.09. The van der Waals surface area contributed by atoms with Crippen LogP contribution < -0.4 is 11.3 Å². The highest BCUT2D eigenvalue weighted by Crippen LogP contribution is 2.36. The van der Waals surface area contributed by atoms with Crippen molar-refractivity contribution in [3.63, 3.8) is 0 Å². The highest BCUT2D eigenvalue weighted by molar-refractivity contribution is 5.15. The second kappa shape index (κ2) is 4.50. The van der Waals surface area contributed by atoms with Crippen LogP contribution in [0.2, 0.25) is 0 Å².